The molecule has 2 heterocycles. The monoisotopic (exact) mass is 391 g/mol. The van der Waals surface area contributed by atoms with Crippen LogP contribution in [0.25, 0.3) is 0 Å². The number of ether oxygens (including phenoxy) is 1. The second kappa shape index (κ2) is 8.14. The number of amides is 1. The van der Waals surface area contributed by atoms with Crippen LogP contribution in [0.4, 0.5) is 11.4 Å². The largest absolute Gasteiger partial charge is 0.480 e. The standard InChI is InChI=1S/C19H25N3O6/c1-12-5-7-20(8-6-12)15-4-3-13(9-16(15)22(26)27)18(23)21-11-14(28-2)10-17(21)19(24)25/h3-4,9,12,14,17H,5-8,10-11H2,1-2H3,(H,24,25). The average Bonchev–Trinajstić information content (AvgIpc) is 3.12. The van der Waals surface area contributed by atoms with Crippen LogP contribution in [0.15, 0.2) is 18.2 Å². The Bertz CT molecular complexity index is 775. The van der Waals surface area contributed by atoms with Crippen LogP contribution in [-0.2, 0) is 9.53 Å². The number of carboxylic acids is 1. The second-order valence-electron chi connectivity index (χ2n) is 7.54. The van der Waals surface area contributed by atoms with Crippen LogP contribution in [0, 0.1) is 16.0 Å². The molecule has 1 N–H and O–H groups in total. The molecule has 0 aromatic heterocycles. The van der Waals surface area contributed by atoms with Crippen molar-refractivity contribution in [1.82, 2.24) is 4.90 Å². The van der Waals surface area contributed by atoms with Crippen molar-refractivity contribution in [2.45, 2.75) is 38.3 Å². The summed E-state index contributed by atoms with van der Waals surface area (Å²) in [5.74, 6) is -1.05. The molecule has 2 unspecified atom stereocenters. The van der Waals surface area contributed by atoms with Crippen molar-refractivity contribution in [3.63, 3.8) is 0 Å². The number of likely N-dealkylation sites (tertiary alicyclic amines) is 1. The van der Waals surface area contributed by atoms with Crippen molar-refractivity contribution in [2.24, 2.45) is 5.92 Å². The maximum atomic E-state index is 12.9. The SMILES string of the molecule is COC1CC(C(=O)O)N(C(=O)c2ccc(N3CCC(C)CC3)c([N+](=O)[O-])c2)C1. The fourth-order valence-corrected chi connectivity index (χ4v) is 3.91. The number of carbonyl (C=O) groups is 2. The number of hydrogen-bond donors (Lipinski definition) is 1. The highest BCUT2D eigenvalue weighted by Crippen LogP contribution is 2.33. The topological polar surface area (TPSA) is 113 Å². The minimum atomic E-state index is -1.11. The summed E-state index contributed by atoms with van der Waals surface area (Å²) in [5.41, 5.74) is 0.484. The molecule has 9 nitrogen and oxygen atoms in total. The first-order valence-electron chi connectivity index (χ1n) is 9.41. The summed E-state index contributed by atoms with van der Waals surface area (Å²) < 4.78 is 5.20. The van der Waals surface area contributed by atoms with E-state index in [4.69, 9.17) is 4.74 Å². The van der Waals surface area contributed by atoms with Gasteiger partial charge >= 0.3 is 5.97 Å². The lowest BCUT2D eigenvalue weighted by atomic mass is 9.98. The number of hydrogen-bond acceptors (Lipinski definition) is 6. The third-order valence-electron chi connectivity index (χ3n) is 5.69. The van der Waals surface area contributed by atoms with Crippen molar-refractivity contribution < 1.29 is 24.4 Å². The van der Waals surface area contributed by atoms with Crippen LogP contribution in [0.1, 0.15) is 36.5 Å². The Morgan fingerprint density at radius 3 is 2.54 bits per heavy atom. The summed E-state index contributed by atoms with van der Waals surface area (Å²) in [6.07, 6.45) is 1.76. The summed E-state index contributed by atoms with van der Waals surface area (Å²) in [5, 5.41) is 21.0. The molecule has 28 heavy (non-hydrogen) atoms. The van der Waals surface area contributed by atoms with Crippen LogP contribution in [0.3, 0.4) is 0 Å². The lowest BCUT2D eigenvalue weighted by Crippen LogP contribution is -2.40. The van der Waals surface area contributed by atoms with Gasteiger partial charge in [0.05, 0.1) is 11.0 Å². The number of rotatable bonds is 5. The first-order chi connectivity index (χ1) is 13.3. The molecule has 0 radical (unpaired) electrons. The Balaban J connectivity index is 1.88. The summed E-state index contributed by atoms with van der Waals surface area (Å²) in [6, 6.07) is 3.40. The van der Waals surface area contributed by atoms with E-state index in [9.17, 15) is 24.8 Å². The highest BCUT2D eigenvalue weighted by molar-refractivity contribution is 5.98. The third kappa shape index (κ3) is 3.94. The maximum absolute atomic E-state index is 12.9. The third-order valence-corrected chi connectivity index (χ3v) is 5.69. The Morgan fingerprint density at radius 2 is 1.96 bits per heavy atom. The van der Waals surface area contributed by atoms with Gasteiger partial charge in [0.15, 0.2) is 0 Å². The number of nitro groups is 1. The molecular weight excluding hydrogens is 366 g/mol. The highest BCUT2D eigenvalue weighted by Gasteiger charge is 2.40. The van der Waals surface area contributed by atoms with Gasteiger partial charge in [-0.3, -0.25) is 14.9 Å². The van der Waals surface area contributed by atoms with Gasteiger partial charge in [0.2, 0.25) is 0 Å². The van der Waals surface area contributed by atoms with Crippen LogP contribution in [0.2, 0.25) is 0 Å². The van der Waals surface area contributed by atoms with E-state index in [1.54, 1.807) is 12.1 Å². The van der Waals surface area contributed by atoms with Crippen LogP contribution in [-0.4, -0.2) is 65.7 Å². The lowest BCUT2D eigenvalue weighted by molar-refractivity contribution is -0.384. The average molecular weight is 391 g/mol. The van der Waals surface area contributed by atoms with Gasteiger partial charge in [-0.05, 0) is 30.9 Å². The molecule has 9 heteroatoms. The number of anilines is 1. The molecule has 2 aliphatic rings. The van der Waals surface area contributed by atoms with Gasteiger partial charge in [-0.15, -0.1) is 0 Å². The van der Waals surface area contributed by atoms with Crippen molar-refractivity contribution >= 4 is 23.3 Å². The number of nitrogens with zero attached hydrogens (tertiary/aromatic N) is 3. The number of aliphatic carboxylic acids is 1. The molecule has 2 aliphatic heterocycles. The predicted molar refractivity (Wildman–Crippen MR) is 102 cm³/mol. The van der Waals surface area contributed by atoms with E-state index >= 15 is 0 Å². The molecule has 0 saturated carbocycles. The van der Waals surface area contributed by atoms with Gasteiger partial charge < -0.3 is 19.6 Å². The van der Waals surface area contributed by atoms with E-state index in [-0.39, 0.29) is 30.3 Å². The number of methoxy groups -OCH3 is 1. The number of carbonyl (C=O) groups excluding carboxylic acids is 1. The second-order valence-corrected chi connectivity index (χ2v) is 7.54. The van der Waals surface area contributed by atoms with Crippen LogP contribution in [0.5, 0.6) is 0 Å². The molecule has 1 aromatic rings. The van der Waals surface area contributed by atoms with E-state index in [1.807, 2.05) is 4.90 Å². The molecule has 152 valence electrons. The van der Waals surface area contributed by atoms with E-state index in [0.717, 1.165) is 25.9 Å². The summed E-state index contributed by atoms with van der Waals surface area (Å²) in [7, 11) is 1.47. The van der Waals surface area contributed by atoms with Crippen molar-refractivity contribution in [3.8, 4) is 0 Å². The molecule has 1 amide bonds. The molecule has 0 aliphatic carbocycles. The minimum Gasteiger partial charge on any atom is -0.480 e. The molecule has 2 atom stereocenters. The van der Waals surface area contributed by atoms with Gasteiger partial charge in [-0.25, -0.2) is 4.79 Å². The minimum absolute atomic E-state index is 0.115. The van der Waals surface area contributed by atoms with Gasteiger partial charge in [0.25, 0.3) is 11.6 Å². The smallest absolute Gasteiger partial charge is 0.326 e. The van der Waals surface area contributed by atoms with Crippen molar-refractivity contribution in [3.05, 3.63) is 33.9 Å². The quantitative estimate of drug-likeness (QED) is 0.604. The Labute approximate surface area is 163 Å². The Morgan fingerprint density at radius 1 is 1.29 bits per heavy atom. The number of benzene rings is 1. The van der Waals surface area contributed by atoms with E-state index in [1.165, 1.54) is 18.1 Å². The normalized spacial score (nSPS) is 23.1. The van der Waals surface area contributed by atoms with E-state index < -0.39 is 22.8 Å². The van der Waals surface area contributed by atoms with Crippen molar-refractivity contribution in [1.29, 1.82) is 0 Å². The zero-order valence-corrected chi connectivity index (χ0v) is 16.0. The maximum Gasteiger partial charge on any atom is 0.326 e. The fourth-order valence-electron chi connectivity index (χ4n) is 3.91. The van der Waals surface area contributed by atoms with Gasteiger partial charge in [0, 0.05) is 44.8 Å². The molecular formula is C19H25N3O6. The summed E-state index contributed by atoms with van der Waals surface area (Å²) in [6.45, 7) is 3.78. The van der Waals surface area contributed by atoms with Crippen molar-refractivity contribution in [2.75, 3.05) is 31.6 Å². The molecule has 2 saturated heterocycles. The van der Waals surface area contributed by atoms with Gasteiger partial charge in [0.1, 0.15) is 11.7 Å². The fraction of sp³-hybridized carbons (Fsp3) is 0.579. The zero-order valence-electron chi connectivity index (χ0n) is 16.0. The number of nitro benzene ring substituents is 1. The molecule has 0 bridgehead atoms. The molecule has 1 aromatic carbocycles. The number of piperidine rings is 1. The van der Waals surface area contributed by atoms with E-state index in [2.05, 4.69) is 6.92 Å². The number of carboxylic acid groups (broad SMARTS) is 1. The Hall–Kier alpha value is -2.68. The zero-order chi connectivity index (χ0) is 20.4. The van der Waals surface area contributed by atoms with Gasteiger partial charge in [-0.2, -0.15) is 0 Å². The molecule has 2 fully saturated rings. The Kier molecular flexibility index (Phi) is 5.83. The highest BCUT2D eigenvalue weighted by atomic mass is 16.6. The van der Waals surface area contributed by atoms with Crippen LogP contribution >= 0.6 is 0 Å². The first-order valence-corrected chi connectivity index (χ1v) is 9.41. The molecule has 3 rings (SSSR count). The summed E-state index contributed by atoms with van der Waals surface area (Å²) >= 11 is 0. The lowest BCUT2D eigenvalue weighted by Gasteiger charge is -2.31. The van der Waals surface area contributed by atoms with Crippen LogP contribution < -0.4 is 4.90 Å². The first kappa shape index (κ1) is 20.1. The van der Waals surface area contributed by atoms with Gasteiger partial charge in [-0.1, -0.05) is 6.92 Å². The molecule has 0 spiro atoms. The summed E-state index contributed by atoms with van der Waals surface area (Å²) in [4.78, 5) is 38.8. The predicted octanol–water partition coefficient (Wildman–Crippen LogP) is 2.15. The van der Waals surface area contributed by atoms with E-state index in [0.29, 0.717) is 11.6 Å².